The van der Waals surface area contributed by atoms with E-state index in [4.69, 9.17) is 34.8 Å². The van der Waals surface area contributed by atoms with E-state index in [1.165, 1.54) is 0 Å². The van der Waals surface area contributed by atoms with Gasteiger partial charge in [-0.05, 0) is 49.2 Å². The zero-order chi connectivity index (χ0) is 16.3. The van der Waals surface area contributed by atoms with Crippen molar-refractivity contribution in [2.45, 2.75) is 19.9 Å². The minimum absolute atomic E-state index is 0.259. The smallest absolute Gasteiger partial charge is 0.319 e. The maximum atomic E-state index is 12.0. The molecule has 0 saturated carbocycles. The molecule has 1 atom stereocenters. The maximum Gasteiger partial charge on any atom is 0.319 e. The number of anilines is 1. The first-order chi connectivity index (χ1) is 10.4. The molecule has 0 fully saturated rings. The van der Waals surface area contributed by atoms with Crippen LogP contribution in [0.2, 0.25) is 15.1 Å². The lowest BCUT2D eigenvalue weighted by Gasteiger charge is -2.16. The molecule has 0 bridgehead atoms. The van der Waals surface area contributed by atoms with E-state index >= 15 is 0 Å². The Balaban J connectivity index is 2.03. The standard InChI is InChI=1S/C16H15Cl3N2O/c1-9-3-5-12(8-14(9)18)21-16(22)20-10(2)13-6-4-11(17)7-15(13)19/h3-8,10H,1-2H3,(H2,20,21,22)/t10-/m0/s1. The van der Waals surface area contributed by atoms with E-state index in [1.807, 2.05) is 19.9 Å². The first-order valence-corrected chi connectivity index (χ1v) is 7.79. The Kier molecular flexibility index (Phi) is 5.57. The number of hydrogen-bond donors (Lipinski definition) is 2. The molecule has 2 aromatic carbocycles. The van der Waals surface area contributed by atoms with Gasteiger partial charge in [0.05, 0.1) is 6.04 Å². The van der Waals surface area contributed by atoms with Gasteiger partial charge in [0.2, 0.25) is 0 Å². The van der Waals surface area contributed by atoms with Crippen molar-refractivity contribution in [1.82, 2.24) is 5.32 Å². The van der Waals surface area contributed by atoms with Crippen molar-refractivity contribution in [3.63, 3.8) is 0 Å². The van der Waals surface area contributed by atoms with Crippen LogP contribution >= 0.6 is 34.8 Å². The van der Waals surface area contributed by atoms with E-state index in [0.717, 1.165) is 11.1 Å². The van der Waals surface area contributed by atoms with Crippen LogP contribution in [0.3, 0.4) is 0 Å². The number of hydrogen-bond acceptors (Lipinski definition) is 1. The summed E-state index contributed by atoms with van der Waals surface area (Å²) < 4.78 is 0. The first-order valence-electron chi connectivity index (χ1n) is 6.65. The first kappa shape index (κ1) is 16.9. The molecule has 2 N–H and O–H groups in total. The van der Waals surface area contributed by atoms with Gasteiger partial charge in [-0.15, -0.1) is 0 Å². The molecule has 3 nitrogen and oxygen atoms in total. The Labute approximate surface area is 144 Å². The van der Waals surface area contributed by atoms with Crippen molar-refractivity contribution in [2.75, 3.05) is 5.32 Å². The van der Waals surface area contributed by atoms with Gasteiger partial charge in [0.15, 0.2) is 0 Å². The number of carbonyl (C=O) groups is 1. The molecule has 6 heteroatoms. The Hall–Kier alpha value is -1.42. The highest BCUT2D eigenvalue weighted by Gasteiger charge is 2.13. The topological polar surface area (TPSA) is 41.1 Å². The average molecular weight is 358 g/mol. The Bertz CT molecular complexity index is 704. The molecule has 0 heterocycles. The molecule has 22 heavy (non-hydrogen) atoms. The molecule has 2 aromatic rings. The predicted octanol–water partition coefficient (Wildman–Crippen LogP) is 5.84. The van der Waals surface area contributed by atoms with Gasteiger partial charge < -0.3 is 10.6 Å². The quantitative estimate of drug-likeness (QED) is 0.712. The third-order valence-electron chi connectivity index (χ3n) is 3.21. The van der Waals surface area contributed by atoms with E-state index in [9.17, 15) is 4.79 Å². The van der Waals surface area contributed by atoms with E-state index < -0.39 is 0 Å². The average Bonchev–Trinajstić information content (AvgIpc) is 2.42. The molecule has 0 radical (unpaired) electrons. The van der Waals surface area contributed by atoms with Gasteiger partial charge in [0, 0.05) is 20.8 Å². The van der Waals surface area contributed by atoms with Crippen molar-refractivity contribution in [3.05, 3.63) is 62.6 Å². The molecule has 0 aliphatic heterocycles. The fourth-order valence-electron chi connectivity index (χ4n) is 1.96. The molecule has 0 unspecified atom stereocenters. The van der Waals surface area contributed by atoms with E-state index in [-0.39, 0.29) is 12.1 Å². The maximum absolute atomic E-state index is 12.0. The van der Waals surface area contributed by atoms with Gasteiger partial charge in [-0.1, -0.05) is 46.9 Å². The van der Waals surface area contributed by atoms with Gasteiger partial charge in [-0.3, -0.25) is 0 Å². The van der Waals surface area contributed by atoms with E-state index in [0.29, 0.717) is 20.8 Å². The van der Waals surface area contributed by atoms with Gasteiger partial charge in [-0.25, -0.2) is 4.79 Å². The van der Waals surface area contributed by atoms with Crippen molar-refractivity contribution in [2.24, 2.45) is 0 Å². The summed E-state index contributed by atoms with van der Waals surface area (Å²) in [6.45, 7) is 3.74. The third kappa shape index (κ3) is 4.29. The van der Waals surface area contributed by atoms with Gasteiger partial charge in [0.1, 0.15) is 0 Å². The fourth-order valence-corrected chi connectivity index (χ4v) is 2.72. The monoisotopic (exact) mass is 356 g/mol. The van der Waals surface area contributed by atoms with Crippen LogP contribution in [0.25, 0.3) is 0 Å². The summed E-state index contributed by atoms with van der Waals surface area (Å²) in [5.74, 6) is 0. The van der Waals surface area contributed by atoms with Gasteiger partial charge >= 0.3 is 6.03 Å². The van der Waals surface area contributed by atoms with Crippen LogP contribution in [0.4, 0.5) is 10.5 Å². The minimum atomic E-state index is -0.335. The fraction of sp³-hybridized carbons (Fsp3) is 0.188. The summed E-state index contributed by atoms with van der Waals surface area (Å²) in [5.41, 5.74) is 2.37. The van der Waals surface area contributed by atoms with Gasteiger partial charge in [0.25, 0.3) is 0 Å². The molecule has 0 aliphatic carbocycles. The lowest BCUT2D eigenvalue weighted by Crippen LogP contribution is -2.31. The van der Waals surface area contributed by atoms with Crippen molar-refractivity contribution in [1.29, 1.82) is 0 Å². The van der Waals surface area contributed by atoms with Crippen LogP contribution in [0.5, 0.6) is 0 Å². The van der Waals surface area contributed by atoms with Crippen LogP contribution in [-0.4, -0.2) is 6.03 Å². The molecule has 0 spiro atoms. The number of rotatable bonds is 3. The highest BCUT2D eigenvalue weighted by molar-refractivity contribution is 6.35. The number of amides is 2. The third-order valence-corrected chi connectivity index (χ3v) is 4.18. The lowest BCUT2D eigenvalue weighted by molar-refractivity contribution is 0.249. The number of aryl methyl sites for hydroxylation is 1. The zero-order valence-corrected chi connectivity index (χ0v) is 14.4. The molecule has 2 rings (SSSR count). The van der Waals surface area contributed by atoms with Crippen LogP contribution in [-0.2, 0) is 0 Å². The Morgan fingerprint density at radius 1 is 1.05 bits per heavy atom. The summed E-state index contributed by atoms with van der Waals surface area (Å²) in [7, 11) is 0. The number of carbonyl (C=O) groups excluding carboxylic acids is 1. The van der Waals surface area contributed by atoms with Crippen LogP contribution in [0, 0.1) is 6.92 Å². The van der Waals surface area contributed by atoms with Crippen molar-refractivity contribution < 1.29 is 4.79 Å². The van der Waals surface area contributed by atoms with E-state index in [1.54, 1.807) is 30.3 Å². The lowest BCUT2D eigenvalue weighted by atomic mass is 10.1. The summed E-state index contributed by atoms with van der Waals surface area (Å²) >= 11 is 18.0. The summed E-state index contributed by atoms with van der Waals surface area (Å²) in [5, 5.41) is 7.23. The van der Waals surface area contributed by atoms with Crippen LogP contribution in [0.15, 0.2) is 36.4 Å². The summed E-state index contributed by atoms with van der Waals surface area (Å²) in [6.07, 6.45) is 0. The summed E-state index contributed by atoms with van der Waals surface area (Å²) in [4.78, 5) is 12.0. The van der Waals surface area contributed by atoms with E-state index in [2.05, 4.69) is 10.6 Å². The largest absolute Gasteiger partial charge is 0.331 e. The normalized spacial score (nSPS) is 11.9. The second-order valence-corrected chi connectivity index (χ2v) is 6.20. The predicted molar refractivity (Wildman–Crippen MR) is 93.2 cm³/mol. The second kappa shape index (κ2) is 7.23. The molecule has 0 aromatic heterocycles. The Morgan fingerprint density at radius 2 is 1.77 bits per heavy atom. The minimum Gasteiger partial charge on any atom is -0.331 e. The zero-order valence-electron chi connectivity index (χ0n) is 12.1. The molecule has 116 valence electrons. The number of benzene rings is 2. The number of urea groups is 1. The highest BCUT2D eigenvalue weighted by Crippen LogP contribution is 2.26. The molecule has 0 aliphatic rings. The second-order valence-electron chi connectivity index (χ2n) is 4.95. The van der Waals surface area contributed by atoms with Crippen LogP contribution in [0.1, 0.15) is 24.1 Å². The molecular weight excluding hydrogens is 343 g/mol. The molecule has 2 amide bonds. The highest BCUT2D eigenvalue weighted by atomic mass is 35.5. The number of halogens is 3. The molecule has 0 saturated heterocycles. The number of nitrogens with one attached hydrogen (secondary N) is 2. The van der Waals surface area contributed by atoms with Crippen LogP contribution < -0.4 is 10.6 Å². The molecular formula is C16H15Cl3N2O. The van der Waals surface area contributed by atoms with Gasteiger partial charge in [-0.2, -0.15) is 0 Å². The SMILES string of the molecule is Cc1ccc(NC(=O)N[C@@H](C)c2ccc(Cl)cc2Cl)cc1Cl. The summed E-state index contributed by atoms with van der Waals surface area (Å²) in [6, 6.07) is 9.92. The van der Waals surface area contributed by atoms with Crippen molar-refractivity contribution >= 4 is 46.5 Å². The van der Waals surface area contributed by atoms with Crippen molar-refractivity contribution in [3.8, 4) is 0 Å². The Morgan fingerprint density at radius 3 is 2.41 bits per heavy atom.